The van der Waals surface area contributed by atoms with Gasteiger partial charge in [0.1, 0.15) is 11.8 Å². The maximum Gasteiger partial charge on any atom is 0.115 e. The van der Waals surface area contributed by atoms with Crippen molar-refractivity contribution in [3.05, 3.63) is 35.9 Å². The standard InChI is InChI=1S/C10H13NO3/c12-7-6-9(13)10(11-14)8-4-2-1-3-5-8/h1-5,9,12-14H,6-7H2. The van der Waals surface area contributed by atoms with Crippen molar-refractivity contribution < 1.29 is 15.4 Å². The van der Waals surface area contributed by atoms with Crippen LogP contribution in [0, 0.1) is 0 Å². The predicted octanol–water partition coefficient (Wildman–Crippen LogP) is 0.608. The molecule has 0 aliphatic heterocycles. The summed E-state index contributed by atoms with van der Waals surface area (Å²) in [4.78, 5) is 0. The van der Waals surface area contributed by atoms with E-state index in [0.29, 0.717) is 5.56 Å². The SMILES string of the molecule is OCCC(O)C(=NO)c1ccccc1. The maximum absolute atomic E-state index is 9.51. The number of nitrogens with zero attached hydrogens (tertiary/aromatic N) is 1. The molecule has 0 bridgehead atoms. The molecule has 0 fully saturated rings. The zero-order valence-electron chi connectivity index (χ0n) is 7.67. The number of oxime groups is 1. The van der Waals surface area contributed by atoms with Gasteiger partial charge < -0.3 is 15.4 Å². The Morgan fingerprint density at radius 3 is 2.43 bits per heavy atom. The first-order valence-electron chi connectivity index (χ1n) is 4.36. The van der Waals surface area contributed by atoms with Gasteiger partial charge in [-0.15, -0.1) is 0 Å². The van der Waals surface area contributed by atoms with E-state index in [0.717, 1.165) is 0 Å². The van der Waals surface area contributed by atoms with Crippen molar-refractivity contribution in [1.82, 2.24) is 0 Å². The Morgan fingerprint density at radius 2 is 1.93 bits per heavy atom. The van der Waals surface area contributed by atoms with E-state index in [1.165, 1.54) is 0 Å². The molecule has 0 aromatic heterocycles. The molecule has 0 heterocycles. The molecule has 0 amide bonds. The fraction of sp³-hybridized carbons (Fsp3) is 0.300. The number of hydrogen-bond acceptors (Lipinski definition) is 4. The average Bonchev–Trinajstić information content (AvgIpc) is 2.21. The molecule has 1 aromatic rings. The van der Waals surface area contributed by atoms with Crippen molar-refractivity contribution in [3.8, 4) is 0 Å². The minimum absolute atomic E-state index is 0.146. The molecule has 0 aliphatic carbocycles. The van der Waals surface area contributed by atoms with E-state index in [1.807, 2.05) is 6.07 Å². The lowest BCUT2D eigenvalue weighted by molar-refractivity contribution is 0.179. The Labute approximate surface area is 82.1 Å². The van der Waals surface area contributed by atoms with Gasteiger partial charge in [0.05, 0.1) is 0 Å². The molecule has 0 spiro atoms. The molecule has 4 nitrogen and oxygen atoms in total. The van der Waals surface area contributed by atoms with Crippen LogP contribution in [0.15, 0.2) is 35.5 Å². The fourth-order valence-corrected chi connectivity index (χ4v) is 1.18. The van der Waals surface area contributed by atoms with E-state index >= 15 is 0 Å². The van der Waals surface area contributed by atoms with Crippen LogP contribution in [-0.2, 0) is 0 Å². The zero-order valence-corrected chi connectivity index (χ0v) is 7.67. The Hall–Kier alpha value is -1.39. The summed E-state index contributed by atoms with van der Waals surface area (Å²) in [6, 6.07) is 8.86. The second-order valence-corrected chi connectivity index (χ2v) is 2.88. The Bertz CT molecular complexity index is 297. The quantitative estimate of drug-likeness (QED) is 0.374. The predicted molar refractivity (Wildman–Crippen MR) is 52.5 cm³/mol. The lowest BCUT2D eigenvalue weighted by Crippen LogP contribution is -2.22. The first-order chi connectivity index (χ1) is 6.79. The van der Waals surface area contributed by atoms with Crippen LogP contribution >= 0.6 is 0 Å². The Kier molecular flexibility index (Phi) is 4.10. The molecule has 3 N–H and O–H groups in total. The Morgan fingerprint density at radius 1 is 1.29 bits per heavy atom. The van der Waals surface area contributed by atoms with Gasteiger partial charge in [-0.1, -0.05) is 35.5 Å². The summed E-state index contributed by atoms with van der Waals surface area (Å²) in [6.07, 6.45) is -0.777. The van der Waals surface area contributed by atoms with Crippen LogP contribution < -0.4 is 0 Å². The minimum atomic E-state index is -0.938. The highest BCUT2D eigenvalue weighted by Gasteiger charge is 2.14. The highest BCUT2D eigenvalue weighted by molar-refractivity contribution is 6.03. The van der Waals surface area contributed by atoms with Gasteiger partial charge in [0.2, 0.25) is 0 Å². The molecule has 76 valence electrons. The van der Waals surface area contributed by atoms with Crippen molar-refractivity contribution in [1.29, 1.82) is 0 Å². The van der Waals surface area contributed by atoms with E-state index < -0.39 is 6.10 Å². The van der Waals surface area contributed by atoms with Gasteiger partial charge in [-0.2, -0.15) is 0 Å². The maximum atomic E-state index is 9.51. The van der Waals surface area contributed by atoms with Crippen molar-refractivity contribution >= 4 is 5.71 Å². The molecular formula is C10H13NO3. The Balaban J connectivity index is 2.83. The average molecular weight is 195 g/mol. The van der Waals surface area contributed by atoms with Crippen LogP contribution in [0.5, 0.6) is 0 Å². The zero-order chi connectivity index (χ0) is 10.4. The van der Waals surface area contributed by atoms with Crippen LogP contribution in [0.4, 0.5) is 0 Å². The highest BCUT2D eigenvalue weighted by Crippen LogP contribution is 2.06. The molecule has 0 radical (unpaired) electrons. The third-order valence-electron chi connectivity index (χ3n) is 1.90. The summed E-state index contributed by atoms with van der Waals surface area (Å²) in [6.45, 7) is -0.146. The van der Waals surface area contributed by atoms with Crippen LogP contribution in [-0.4, -0.2) is 33.8 Å². The van der Waals surface area contributed by atoms with Gasteiger partial charge in [-0.05, 0) is 0 Å². The molecule has 0 saturated carbocycles. The topological polar surface area (TPSA) is 73.0 Å². The number of aliphatic hydroxyl groups excluding tert-OH is 2. The molecule has 4 heteroatoms. The molecule has 1 aromatic carbocycles. The normalized spacial score (nSPS) is 14.0. The summed E-state index contributed by atoms with van der Waals surface area (Å²) in [7, 11) is 0. The van der Waals surface area contributed by atoms with Gasteiger partial charge in [-0.25, -0.2) is 0 Å². The molecule has 1 unspecified atom stereocenters. The molecule has 0 saturated heterocycles. The van der Waals surface area contributed by atoms with Gasteiger partial charge in [0.25, 0.3) is 0 Å². The second-order valence-electron chi connectivity index (χ2n) is 2.88. The van der Waals surface area contributed by atoms with E-state index in [2.05, 4.69) is 5.16 Å². The van der Waals surface area contributed by atoms with Crippen LogP contribution in [0.2, 0.25) is 0 Å². The van der Waals surface area contributed by atoms with Gasteiger partial charge in [0.15, 0.2) is 0 Å². The van der Waals surface area contributed by atoms with Crippen LogP contribution in [0.3, 0.4) is 0 Å². The molecule has 1 rings (SSSR count). The summed E-state index contributed by atoms with van der Waals surface area (Å²) in [5.41, 5.74) is 0.829. The number of hydrogen-bond donors (Lipinski definition) is 3. The van der Waals surface area contributed by atoms with Crippen LogP contribution in [0.1, 0.15) is 12.0 Å². The molecule has 0 aliphatic rings. The summed E-state index contributed by atoms with van der Waals surface area (Å²) >= 11 is 0. The highest BCUT2D eigenvalue weighted by atomic mass is 16.4. The fourth-order valence-electron chi connectivity index (χ4n) is 1.18. The monoisotopic (exact) mass is 195 g/mol. The van der Waals surface area contributed by atoms with E-state index in [9.17, 15) is 5.11 Å². The van der Waals surface area contributed by atoms with E-state index in [-0.39, 0.29) is 18.7 Å². The molecular weight excluding hydrogens is 182 g/mol. The first-order valence-corrected chi connectivity index (χ1v) is 4.36. The van der Waals surface area contributed by atoms with Crippen molar-refractivity contribution in [3.63, 3.8) is 0 Å². The minimum Gasteiger partial charge on any atom is -0.411 e. The summed E-state index contributed by atoms with van der Waals surface area (Å²) < 4.78 is 0. The lowest BCUT2D eigenvalue weighted by atomic mass is 10.0. The smallest absolute Gasteiger partial charge is 0.115 e. The molecule has 1 atom stereocenters. The van der Waals surface area contributed by atoms with Crippen molar-refractivity contribution in [2.45, 2.75) is 12.5 Å². The molecule has 14 heavy (non-hydrogen) atoms. The van der Waals surface area contributed by atoms with E-state index in [4.69, 9.17) is 10.3 Å². The van der Waals surface area contributed by atoms with E-state index in [1.54, 1.807) is 24.3 Å². The van der Waals surface area contributed by atoms with Gasteiger partial charge in [-0.3, -0.25) is 0 Å². The van der Waals surface area contributed by atoms with Gasteiger partial charge in [0, 0.05) is 18.6 Å². The number of aliphatic hydroxyl groups is 2. The largest absolute Gasteiger partial charge is 0.411 e. The summed E-state index contributed by atoms with van der Waals surface area (Å²) in [5, 5.41) is 29.9. The number of benzene rings is 1. The van der Waals surface area contributed by atoms with Gasteiger partial charge >= 0.3 is 0 Å². The second kappa shape index (κ2) is 5.36. The van der Waals surface area contributed by atoms with Crippen molar-refractivity contribution in [2.24, 2.45) is 5.16 Å². The summed E-state index contributed by atoms with van der Waals surface area (Å²) in [5.74, 6) is 0. The third kappa shape index (κ3) is 2.55. The third-order valence-corrected chi connectivity index (χ3v) is 1.90. The first kappa shape index (κ1) is 10.7. The lowest BCUT2D eigenvalue weighted by Gasteiger charge is -2.10. The van der Waals surface area contributed by atoms with Crippen LogP contribution in [0.25, 0.3) is 0 Å². The number of rotatable bonds is 4. The van der Waals surface area contributed by atoms with Crippen molar-refractivity contribution in [2.75, 3.05) is 6.61 Å².